The number of aliphatic imine (C=N–C) groups is 1. The summed E-state index contributed by atoms with van der Waals surface area (Å²) in [5, 5.41) is 0.714. The number of halogens is 1. The second kappa shape index (κ2) is 6.43. The second-order valence-corrected chi connectivity index (χ2v) is 3.51. The molecular formula is C11H15ClN2O. The summed E-state index contributed by atoms with van der Waals surface area (Å²) in [6, 6.07) is 7.56. The Morgan fingerprint density at radius 3 is 3.00 bits per heavy atom. The lowest BCUT2D eigenvalue weighted by atomic mass is 10.2. The van der Waals surface area contributed by atoms with Gasteiger partial charge in [0.2, 0.25) is 0 Å². The number of amidine groups is 1. The van der Waals surface area contributed by atoms with Gasteiger partial charge in [-0.15, -0.1) is 0 Å². The summed E-state index contributed by atoms with van der Waals surface area (Å²) in [7, 11) is 0. The van der Waals surface area contributed by atoms with Gasteiger partial charge in [0.05, 0.1) is 6.54 Å². The molecule has 0 bridgehead atoms. The monoisotopic (exact) mass is 226 g/mol. The van der Waals surface area contributed by atoms with Crippen LogP contribution in [0, 0.1) is 0 Å². The number of nitrogens with two attached hydrogens (primary N) is 1. The van der Waals surface area contributed by atoms with Gasteiger partial charge in [-0.2, -0.15) is 0 Å². The standard InChI is InChI=1S/C11H15ClN2O/c1-2-15-8-11(13)14-7-9-4-3-5-10(12)6-9/h3-6H,2,7-8H2,1H3,(H2,13,14). The van der Waals surface area contributed by atoms with Crippen molar-refractivity contribution in [1.29, 1.82) is 0 Å². The zero-order chi connectivity index (χ0) is 11.1. The summed E-state index contributed by atoms with van der Waals surface area (Å²) in [6.45, 7) is 3.49. The first kappa shape index (κ1) is 12.0. The Morgan fingerprint density at radius 2 is 2.33 bits per heavy atom. The number of ether oxygens (including phenoxy) is 1. The van der Waals surface area contributed by atoms with Crippen LogP contribution in [0.1, 0.15) is 12.5 Å². The Balaban J connectivity index is 2.48. The Kier molecular flexibility index (Phi) is 5.15. The van der Waals surface area contributed by atoms with Crippen molar-refractivity contribution in [3.8, 4) is 0 Å². The Hall–Kier alpha value is -1.06. The van der Waals surface area contributed by atoms with E-state index in [0.29, 0.717) is 30.6 Å². The van der Waals surface area contributed by atoms with Crippen LogP contribution in [0.5, 0.6) is 0 Å². The van der Waals surface area contributed by atoms with Crippen LogP contribution in [0.2, 0.25) is 5.02 Å². The van der Waals surface area contributed by atoms with E-state index in [1.54, 1.807) is 0 Å². The predicted molar refractivity (Wildman–Crippen MR) is 63.3 cm³/mol. The van der Waals surface area contributed by atoms with Crippen LogP contribution < -0.4 is 5.73 Å². The van der Waals surface area contributed by atoms with E-state index < -0.39 is 0 Å². The highest BCUT2D eigenvalue weighted by atomic mass is 35.5. The van der Waals surface area contributed by atoms with Crippen LogP contribution in [0.3, 0.4) is 0 Å². The highest BCUT2D eigenvalue weighted by Gasteiger charge is 1.94. The number of hydrogen-bond donors (Lipinski definition) is 1. The largest absolute Gasteiger partial charge is 0.386 e. The van der Waals surface area contributed by atoms with Crippen molar-refractivity contribution >= 4 is 17.4 Å². The molecule has 2 N–H and O–H groups in total. The fraction of sp³-hybridized carbons (Fsp3) is 0.364. The highest BCUT2D eigenvalue weighted by Crippen LogP contribution is 2.11. The quantitative estimate of drug-likeness (QED) is 0.618. The molecule has 4 heteroatoms. The molecule has 0 aromatic heterocycles. The fourth-order valence-electron chi connectivity index (χ4n) is 1.08. The lowest BCUT2D eigenvalue weighted by Gasteiger charge is -2.01. The van der Waals surface area contributed by atoms with E-state index in [2.05, 4.69) is 4.99 Å². The zero-order valence-electron chi connectivity index (χ0n) is 8.74. The normalized spacial score (nSPS) is 11.7. The van der Waals surface area contributed by atoms with Gasteiger partial charge in [0.1, 0.15) is 12.4 Å². The van der Waals surface area contributed by atoms with Crippen molar-refractivity contribution in [3.05, 3.63) is 34.9 Å². The maximum absolute atomic E-state index is 5.84. The molecule has 0 heterocycles. The van der Waals surface area contributed by atoms with Gasteiger partial charge in [-0.3, -0.25) is 4.99 Å². The summed E-state index contributed by atoms with van der Waals surface area (Å²) >= 11 is 5.84. The Bertz CT molecular complexity index is 339. The molecule has 0 spiro atoms. The van der Waals surface area contributed by atoms with Crippen LogP contribution in [-0.2, 0) is 11.3 Å². The first-order valence-electron chi connectivity index (χ1n) is 4.83. The molecule has 1 aromatic rings. The first-order chi connectivity index (χ1) is 7.22. The molecule has 0 unspecified atom stereocenters. The van der Waals surface area contributed by atoms with E-state index in [1.165, 1.54) is 0 Å². The van der Waals surface area contributed by atoms with Gasteiger partial charge in [-0.25, -0.2) is 0 Å². The molecular weight excluding hydrogens is 212 g/mol. The van der Waals surface area contributed by atoms with Crippen molar-refractivity contribution in [2.24, 2.45) is 10.7 Å². The van der Waals surface area contributed by atoms with Gasteiger partial charge in [0.25, 0.3) is 0 Å². The zero-order valence-corrected chi connectivity index (χ0v) is 9.50. The summed E-state index contributed by atoms with van der Waals surface area (Å²) in [4.78, 5) is 4.18. The van der Waals surface area contributed by atoms with Crippen molar-refractivity contribution < 1.29 is 4.74 Å². The van der Waals surface area contributed by atoms with Crippen molar-refractivity contribution in [2.45, 2.75) is 13.5 Å². The fourth-order valence-corrected chi connectivity index (χ4v) is 1.29. The van der Waals surface area contributed by atoms with E-state index in [0.717, 1.165) is 5.56 Å². The van der Waals surface area contributed by atoms with Crippen LogP contribution in [0.25, 0.3) is 0 Å². The van der Waals surface area contributed by atoms with E-state index in [-0.39, 0.29) is 0 Å². The highest BCUT2D eigenvalue weighted by molar-refractivity contribution is 6.30. The van der Waals surface area contributed by atoms with Gasteiger partial charge in [-0.05, 0) is 24.6 Å². The average molecular weight is 227 g/mol. The maximum atomic E-state index is 5.84. The van der Waals surface area contributed by atoms with Gasteiger partial charge in [0, 0.05) is 11.6 Å². The Labute approximate surface area is 94.9 Å². The number of hydrogen-bond acceptors (Lipinski definition) is 2. The molecule has 0 amide bonds. The number of benzene rings is 1. The van der Waals surface area contributed by atoms with Crippen molar-refractivity contribution in [1.82, 2.24) is 0 Å². The molecule has 15 heavy (non-hydrogen) atoms. The lowest BCUT2D eigenvalue weighted by Crippen LogP contribution is -2.19. The average Bonchev–Trinajstić information content (AvgIpc) is 2.23. The van der Waals surface area contributed by atoms with Gasteiger partial charge < -0.3 is 10.5 Å². The van der Waals surface area contributed by atoms with Crippen LogP contribution >= 0.6 is 11.6 Å². The molecule has 0 radical (unpaired) electrons. The van der Waals surface area contributed by atoms with E-state index >= 15 is 0 Å². The SMILES string of the molecule is CCOCC(N)=NCc1cccc(Cl)c1. The molecule has 0 aliphatic heterocycles. The van der Waals surface area contributed by atoms with Crippen LogP contribution in [0.15, 0.2) is 29.3 Å². The van der Waals surface area contributed by atoms with Crippen LogP contribution in [-0.4, -0.2) is 19.0 Å². The molecule has 0 saturated heterocycles. The summed E-state index contributed by atoms with van der Waals surface area (Å²) < 4.78 is 5.13. The maximum Gasteiger partial charge on any atom is 0.120 e. The minimum atomic E-state index is 0.386. The molecule has 1 rings (SSSR count). The predicted octanol–water partition coefficient (Wildman–Crippen LogP) is 2.23. The number of rotatable bonds is 5. The first-order valence-corrected chi connectivity index (χ1v) is 5.21. The molecule has 0 atom stereocenters. The summed E-state index contributed by atoms with van der Waals surface area (Å²) in [6.07, 6.45) is 0. The second-order valence-electron chi connectivity index (χ2n) is 3.07. The summed E-state index contributed by atoms with van der Waals surface area (Å²) in [5.41, 5.74) is 6.68. The molecule has 0 aliphatic carbocycles. The molecule has 0 fully saturated rings. The van der Waals surface area contributed by atoms with Crippen LogP contribution in [0.4, 0.5) is 0 Å². The number of nitrogens with zero attached hydrogens (tertiary/aromatic N) is 1. The molecule has 0 aliphatic rings. The molecule has 1 aromatic carbocycles. The minimum absolute atomic E-state index is 0.386. The summed E-state index contributed by atoms with van der Waals surface area (Å²) in [5.74, 6) is 0.511. The smallest absolute Gasteiger partial charge is 0.120 e. The van der Waals surface area contributed by atoms with E-state index in [4.69, 9.17) is 22.1 Å². The third-order valence-corrected chi connectivity index (χ3v) is 2.04. The van der Waals surface area contributed by atoms with Gasteiger partial charge in [-0.1, -0.05) is 23.7 Å². The van der Waals surface area contributed by atoms with E-state index in [9.17, 15) is 0 Å². The van der Waals surface area contributed by atoms with Crippen molar-refractivity contribution in [3.63, 3.8) is 0 Å². The molecule has 82 valence electrons. The lowest BCUT2D eigenvalue weighted by molar-refractivity contribution is 0.186. The van der Waals surface area contributed by atoms with Crippen molar-refractivity contribution in [2.75, 3.05) is 13.2 Å². The van der Waals surface area contributed by atoms with Gasteiger partial charge in [0.15, 0.2) is 0 Å². The van der Waals surface area contributed by atoms with Gasteiger partial charge >= 0.3 is 0 Å². The minimum Gasteiger partial charge on any atom is -0.386 e. The topological polar surface area (TPSA) is 47.6 Å². The van der Waals surface area contributed by atoms with E-state index in [1.807, 2.05) is 31.2 Å². The third-order valence-electron chi connectivity index (χ3n) is 1.81. The third kappa shape index (κ3) is 4.81. The molecule has 3 nitrogen and oxygen atoms in total. The molecule has 0 saturated carbocycles. The Morgan fingerprint density at radius 1 is 1.53 bits per heavy atom.